The van der Waals surface area contributed by atoms with Crippen molar-refractivity contribution in [2.75, 3.05) is 20.3 Å². The first-order valence-corrected chi connectivity index (χ1v) is 8.32. The minimum absolute atomic E-state index is 0.0820. The number of aryl methyl sites for hydroxylation is 2. The number of hydrogen-bond donors (Lipinski definition) is 2. The molecule has 3 nitrogen and oxygen atoms in total. The quantitative estimate of drug-likeness (QED) is 0.846. The molecule has 0 bridgehead atoms. The van der Waals surface area contributed by atoms with Crippen molar-refractivity contribution in [3.8, 4) is 5.75 Å². The minimum atomic E-state index is -0.0820. The molecule has 1 aromatic rings. The third-order valence-corrected chi connectivity index (χ3v) is 5.54. The molecule has 21 heavy (non-hydrogen) atoms. The van der Waals surface area contributed by atoms with E-state index in [-0.39, 0.29) is 12.1 Å². The predicted octanol–water partition coefficient (Wildman–Crippen LogP) is 2.69. The second kappa shape index (κ2) is 6.37. The zero-order valence-corrected chi connectivity index (χ0v) is 13.0. The molecule has 2 unspecified atom stereocenters. The van der Waals surface area contributed by atoms with E-state index in [1.54, 1.807) is 0 Å². The highest BCUT2D eigenvalue weighted by molar-refractivity contribution is 5.38. The van der Waals surface area contributed by atoms with Gasteiger partial charge in [0.25, 0.3) is 0 Å². The van der Waals surface area contributed by atoms with Gasteiger partial charge in [-0.05, 0) is 74.8 Å². The Kier molecular flexibility index (Phi) is 4.51. The van der Waals surface area contributed by atoms with Crippen LogP contribution in [0.5, 0.6) is 5.75 Å². The van der Waals surface area contributed by atoms with Crippen molar-refractivity contribution < 1.29 is 9.84 Å². The van der Waals surface area contributed by atoms with Crippen LogP contribution >= 0.6 is 0 Å². The zero-order chi connectivity index (χ0) is 14.7. The van der Waals surface area contributed by atoms with E-state index in [2.05, 4.69) is 23.5 Å². The zero-order valence-electron chi connectivity index (χ0n) is 13.0. The summed E-state index contributed by atoms with van der Waals surface area (Å²) in [6.07, 6.45) is 8.17. The lowest BCUT2D eigenvalue weighted by molar-refractivity contribution is 0.117. The van der Waals surface area contributed by atoms with Crippen LogP contribution in [-0.2, 0) is 12.8 Å². The summed E-state index contributed by atoms with van der Waals surface area (Å²) in [6.45, 7) is 0.972. The second-order valence-electron chi connectivity index (χ2n) is 6.57. The van der Waals surface area contributed by atoms with Crippen LogP contribution in [-0.4, -0.2) is 30.9 Å². The number of aliphatic hydroxyl groups is 1. The summed E-state index contributed by atoms with van der Waals surface area (Å²) in [4.78, 5) is 0. The summed E-state index contributed by atoms with van der Waals surface area (Å²) < 4.78 is 5.97. The average Bonchev–Trinajstić information content (AvgIpc) is 3.13. The second-order valence-corrected chi connectivity index (χ2v) is 6.57. The molecule has 1 aromatic carbocycles. The number of likely N-dealkylation sites (N-methyl/N-ethyl adjacent to an activating group) is 1. The Labute approximate surface area is 127 Å². The van der Waals surface area contributed by atoms with Gasteiger partial charge in [0.15, 0.2) is 0 Å². The van der Waals surface area contributed by atoms with Gasteiger partial charge >= 0.3 is 0 Å². The van der Waals surface area contributed by atoms with E-state index in [0.29, 0.717) is 5.92 Å². The van der Waals surface area contributed by atoms with Gasteiger partial charge in [-0.2, -0.15) is 0 Å². The van der Waals surface area contributed by atoms with Crippen molar-refractivity contribution >= 4 is 0 Å². The van der Waals surface area contributed by atoms with E-state index in [1.165, 1.54) is 43.2 Å². The molecule has 0 aromatic heterocycles. The molecule has 0 amide bonds. The van der Waals surface area contributed by atoms with Crippen LogP contribution in [0.3, 0.4) is 0 Å². The smallest absolute Gasteiger partial charge is 0.119 e. The summed E-state index contributed by atoms with van der Waals surface area (Å²) in [7, 11) is 1.97. The fourth-order valence-electron chi connectivity index (χ4n) is 4.14. The number of benzene rings is 1. The summed E-state index contributed by atoms with van der Waals surface area (Å²) in [5.74, 6) is 1.52. The van der Waals surface area contributed by atoms with Gasteiger partial charge in [-0.1, -0.05) is 12.5 Å². The first kappa shape index (κ1) is 14.9. The monoisotopic (exact) mass is 289 g/mol. The highest BCUT2D eigenvalue weighted by Crippen LogP contribution is 2.37. The predicted molar refractivity (Wildman–Crippen MR) is 84.8 cm³/mol. The molecule has 1 fully saturated rings. The van der Waals surface area contributed by atoms with Gasteiger partial charge in [0, 0.05) is 5.54 Å². The third kappa shape index (κ3) is 2.95. The molecule has 2 aliphatic rings. The maximum absolute atomic E-state index is 9.71. The summed E-state index contributed by atoms with van der Waals surface area (Å²) in [5, 5.41) is 13.1. The van der Waals surface area contributed by atoms with Gasteiger partial charge < -0.3 is 15.2 Å². The van der Waals surface area contributed by atoms with Crippen LogP contribution in [0.1, 0.15) is 43.2 Å². The Morgan fingerprint density at radius 1 is 1.29 bits per heavy atom. The topological polar surface area (TPSA) is 41.5 Å². The summed E-state index contributed by atoms with van der Waals surface area (Å²) >= 11 is 0. The van der Waals surface area contributed by atoms with Gasteiger partial charge in [0.1, 0.15) is 5.75 Å². The van der Waals surface area contributed by atoms with Crippen LogP contribution in [0, 0.1) is 5.92 Å². The molecule has 0 aliphatic heterocycles. The van der Waals surface area contributed by atoms with Crippen LogP contribution in [0.15, 0.2) is 18.2 Å². The normalized spacial score (nSPS) is 27.8. The summed E-state index contributed by atoms with van der Waals surface area (Å²) in [5.41, 5.74) is 2.88. The van der Waals surface area contributed by atoms with E-state index in [0.717, 1.165) is 25.2 Å². The number of nitrogens with one attached hydrogen (secondary N) is 1. The fraction of sp³-hybridized carbons (Fsp3) is 0.667. The highest BCUT2D eigenvalue weighted by atomic mass is 16.5. The van der Waals surface area contributed by atoms with E-state index < -0.39 is 0 Å². The molecule has 3 rings (SSSR count). The average molecular weight is 289 g/mol. The lowest BCUT2D eigenvalue weighted by atomic mass is 9.86. The Balaban J connectivity index is 1.54. The van der Waals surface area contributed by atoms with Crippen molar-refractivity contribution in [2.24, 2.45) is 5.92 Å². The Morgan fingerprint density at radius 2 is 2.14 bits per heavy atom. The molecule has 116 valence electrons. The molecular weight excluding hydrogens is 262 g/mol. The van der Waals surface area contributed by atoms with Gasteiger partial charge in [-0.3, -0.25) is 0 Å². The molecule has 0 spiro atoms. The molecule has 3 heteroatoms. The standard InChI is InChI=1S/C18H27NO2/c1-19-18(13-20)10-3-6-16(18)9-11-21-17-8-7-14-4-2-5-15(14)12-17/h7-8,12,16,19-20H,2-6,9-11,13H2,1H3. The number of aliphatic hydroxyl groups excluding tert-OH is 1. The molecule has 2 aliphatic carbocycles. The van der Waals surface area contributed by atoms with Crippen molar-refractivity contribution in [1.82, 2.24) is 5.32 Å². The molecular formula is C18H27NO2. The fourth-order valence-corrected chi connectivity index (χ4v) is 4.14. The first-order chi connectivity index (χ1) is 10.3. The number of ether oxygens (including phenoxy) is 1. The molecule has 1 saturated carbocycles. The first-order valence-electron chi connectivity index (χ1n) is 8.32. The van der Waals surface area contributed by atoms with Gasteiger partial charge in [0.2, 0.25) is 0 Å². The number of rotatable bonds is 6. The third-order valence-electron chi connectivity index (χ3n) is 5.54. The van der Waals surface area contributed by atoms with E-state index in [1.807, 2.05) is 7.05 Å². The highest BCUT2D eigenvalue weighted by Gasteiger charge is 2.40. The van der Waals surface area contributed by atoms with Crippen molar-refractivity contribution in [2.45, 2.75) is 50.5 Å². The van der Waals surface area contributed by atoms with E-state index in [4.69, 9.17) is 4.74 Å². The van der Waals surface area contributed by atoms with Crippen LogP contribution in [0.25, 0.3) is 0 Å². The summed E-state index contributed by atoms with van der Waals surface area (Å²) in [6, 6.07) is 6.55. The molecule has 0 heterocycles. The minimum Gasteiger partial charge on any atom is -0.494 e. The maximum Gasteiger partial charge on any atom is 0.119 e. The lowest BCUT2D eigenvalue weighted by Crippen LogP contribution is -2.49. The Bertz CT molecular complexity index is 482. The van der Waals surface area contributed by atoms with Gasteiger partial charge in [-0.15, -0.1) is 0 Å². The van der Waals surface area contributed by atoms with Crippen molar-refractivity contribution in [3.05, 3.63) is 29.3 Å². The Hall–Kier alpha value is -1.06. The van der Waals surface area contributed by atoms with Gasteiger partial charge in [-0.25, -0.2) is 0 Å². The van der Waals surface area contributed by atoms with Gasteiger partial charge in [0.05, 0.1) is 13.2 Å². The molecule has 2 atom stereocenters. The molecule has 0 radical (unpaired) electrons. The molecule has 0 saturated heterocycles. The largest absolute Gasteiger partial charge is 0.494 e. The Morgan fingerprint density at radius 3 is 2.95 bits per heavy atom. The van der Waals surface area contributed by atoms with E-state index in [9.17, 15) is 5.11 Å². The van der Waals surface area contributed by atoms with E-state index >= 15 is 0 Å². The SMILES string of the molecule is CNC1(CO)CCCC1CCOc1ccc2c(c1)CCC2. The number of hydrogen-bond acceptors (Lipinski definition) is 3. The van der Waals surface area contributed by atoms with Crippen molar-refractivity contribution in [1.29, 1.82) is 0 Å². The maximum atomic E-state index is 9.71. The van der Waals surface area contributed by atoms with Crippen LogP contribution in [0.2, 0.25) is 0 Å². The number of fused-ring (bicyclic) bond motifs is 1. The van der Waals surface area contributed by atoms with Crippen LogP contribution in [0.4, 0.5) is 0 Å². The van der Waals surface area contributed by atoms with Crippen LogP contribution < -0.4 is 10.1 Å². The molecule has 2 N–H and O–H groups in total. The lowest BCUT2D eigenvalue weighted by Gasteiger charge is -2.33. The van der Waals surface area contributed by atoms with Crippen molar-refractivity contribution in [3.63, 3.8) is 0 Å².